The fraction of sp³-hybridized carbons (Fsp3) is 0.273. The van der Waals surface area contributed by atoms with E-state index < -0.39 is 0 Å². The van der Waals surface area contributed by atoms with Crippen molar-refractivity contribution < 1.29 is 0 Å². The van der Waals surface area contributed by atoms with E-state index in [0.29, 0.717) is 5.57 Å². The molecule has 126 valence electrons. The first-order chi connectivity index (χ1) is 11.9. The number of nitrogens with zero attached hydrogens (tertiary/aromatic N) is 3. The SMILES string of the molecule is CCn1c(/C(C#N)=C\c2ccc(C(C)(C)C)cc2)nc2ccccc21. The Morgan fingerprint density at radius 2 is 1.80 bits per heavy atom. The average Bonchev–Trinajstić information content (AvgIpc) is 2.97. The lowest BCUT2D eigenvalue weighted by molar-refractivity contribution is 0.590. The zero-order chi connectivity index (χ0) is 18.0. The van der Waals surface area contributed by atoms with Gasteiger partial charge in [0, 0.05) is 6.54 Å². The van der Waals surface area contributed by atoms with E-state index in [9.17, 15) is 5.26 Å². The van der Waals surface area contributed by atoms with Crippen molar-refractivity contribution in [1.29, 1.82) is 5.26 Å². The lowest BCUT2D eigenvalue weighted by Crippen LogP contribution is -2.10. The lowest BCUT2D eigenvalue weighted by Gasteiger charge is -2.18. The van der Waals surface area contributed by atoms with Crippen LogP contribution < -0.4 is 0 Å². The van der Waals surface area contributed by atoms with Crippen molar-refractivity contribution in [2.24, 2.45) is 0 Å². The highest BCUT2D eigenvalue weighted by Crippen LogP contribution is 2.25. The molecule has 0 saturated carbocycles. The molecule has 0 aliphatic heterocycles. The third-order valence-corrected chi connectivity index (χ3v) is 4.42. The summed E-state index contributed by atoms with van der Waals surface area (Å²) in [5.41, 5.74) is 4.98. The normalized spacial score (nSPS) is 12.4. The third-order valence-electron chi connectivity index (χ3n) is 4.42. The maximum absolute atomic E-state index is 9.70. The highest BCUT2D eigenvalue weighted by Gasteiger charge is 2.15. The molecule has 3 heteroatoms. The molecule has 2 aromatic carbocycles. The van der Waals surface area contributed by atoms with Crippen LogP contribution in [0.15, 0.2) is 48.5 Å². The first kappa shape index (κ1) is 17.0. The van der Waals surface area contributed by atoms with E-state index in [1.807, 2.05) is 30.3 Å². The van der Waals surface area contributed by atoms with Crippen LogP contribution in [0.5, 0.6) is 0 Å². The van der Waals surface area contributed by atoms with Gasteiger partial charge in [0.05, 0.1) is 16.6 Å². The molecule has 0 atom stereocenters. The number of benzene rings is 2. The number of allylic oxidation sites excluding steroid dienone is 1. The molecule has 3 aromatic rings. The van der Waals surface area contributed by atoms with Crippen LogP contribution in [-0.4, -0.2) is 9.55 Å². The molecule has 0 saturated heterocycles. The number of rotatable bonds is 3. The summed E-state index contributed by atoms with van der Waals surface area (Å²) in [6, 6.07) is 18.7. The van der Waals surface area contributed by atoms with Crippen molar-refractivity contribution in [1.82, 2.24) is 9.55 Å². The molecule has 0 unspecified atom stereocenters. The minimum absolute atomic E-state index is 0.122. The van der Waals surface area contributed by atoms with Gasteiger partial charge in [0.2, 0.25) is 0 Å². The van der Waals surface area contributed by atoms with Crippen LogP contribution >= 0.6 is 0 Å². The van der Waals surface area contributed by atoms with E-state index in [0.717, 1.165) is 29.0 Å². The average molecular weight is 329 g/mol. The van der Waals surface area contributed by atoms with E-state index in [-0.39, 0.29) is 5.41 Å². The van der Waals surface area contributed by atoms with Crippen LogP contribution in [0, 0.1) is 11.3 Å². The van der Waals surface area contributed by atoms with E-state index in [1.54, 1.807) is 0 Å². The second-order valence-electron chi connectivity index (χ2n) is 7.21. The van der Waals surface area contributed by atoms with E-state index in [4.69, 9.17) is 0 Å². The highest BCUT2D eigenvalue weighted by molar-refractivity contribution is 5.90. The van der Waals surface area contributed by atoms with Crippen LogP contribution in [0.1, 0.15) is 44.6 Å². The molecule has 0 radical (unpaired) electrons. The summed E-state index contributed by atoms with van der Waals surface area (Å²) >= 11 is 0. The van der Waals surface area contributed by atoms with E-state index in [1.165, 1.54) is 5.56 Å². The van der Waals surface area contributed by atoms with Gasteiger partial charge in [0.1, 0.15) is 6.07 Å². The van der Waals surface area contributed by atoms with Gasteiger partial charge < -0.3 is 4.57 Å². The highest BCUT2D eigenvalue weighted by atomic mass is 15.1. The molecular formula is C22H23N3. The molecule has 0 aliphatic carbocycles. The molecule has 0 N–H and O–H groups in total. The predicted octanol–water partition coefficient (Wildman–Crippen LogP) is 5.42. The summed E-state index contributed by atoms with van der Waals surface area (Å²) in [5.74, 6) is 0.728. The van der Waals surface area contributed by atoms with Gasteiger partial charge in [-0.3, -0.25) is 0 Å². The summed E-state index contributed by atoms with van der Waals surface area (Å²) in [5, 5.41) is 9.70. The number of hydrogen-bond acceptors (Lipinski definition) is 2. The summed E-state index contributed by atoms with van der Waals surface area (Å²) < 4.78 is 2.09. The molecule has 0 fully saturated rings. The molecule has 1 aromatic heterocycles. The minimum atomic E-state index is 0.122. The Morgan fingerprint density at radius 1 is 1.12 bits per heavy atom. The molecule has 3 rings (SSSR count). The standard InChI is InChI=1S/C22H23N3/c1-5-25-20-9-7-6-8-19(20)24-21(25)17(15-23)14-16-10-12-18(13-11-16)22(2,3)4/h6-14H,5H2,1-4H3/b17-14-. The zero-order valence-electron chi connectivity index (χ0n) is 15.2. The summed E-state index contributed by atoms with van der Waals surface area (Å²) in [6.07, 6.45) is 1.92. The van der Waals surface area contributed by atoms with Crippen molar-refractivity contribution in [2.45, 2.75) is 39.7 Å². The first-order valence-corrected chi connectivity index (χ1v) is 8.62. The van der Waals surface area contributed by atoms with Crippen molar-refractivity contribution in [3.8, 4) is 6.07 Å². The quantitative estimate of drug-likeness (QED) is 0.602. The molecule has 0 spiro atoms. The Hall–Kier alpha value is -2.86. The first-order valence-electron chi connectivity index (χ1n) is 8.62. The molecule has 25 heavy (non-hydrogen) atoms. The number of aromatic nitrogens is 2. The molecule has 3 nitrogen and oxygen atoms in total. The fourth-order valence-electron chi connectivity index (χ4n) is 2.99. The lowest BCUT2D eigenvalue weighted by atomic mass is 9.86. The van der Waals surface area contributed by atoms with Crippen molar-refractivity contribution in [3.63, 3.8) is 0 Å². The van der Waals surface area contributed by atoms with Crippen LogP contribution in [-0.2, 0) is 12.0 Å². The van der Waals surface area contributed by atoms with Gasteiger partial charge in [0.25, 0.3) is 0 Å². The van der Waals surface area contributed by atoms with Gasteiger partial charge in [0.15, 0.2) is 5.82 Å². The van der Waals surface area contributed by atoms with Crippen LogP contribution in [0.4, 0.5) is 0 Å². The summed E-state index contributed by atoms with van der Waals surface area (Å²) in [7, 11) is 0. The number of imidazole rings is 1. The van der Waals surface area contributed by atoms with Crippen molar-refractivity contribution in [3.05, 3.63) is 65.5 Å². The van der Waals surface area contributed by atoms with E-state index >= 15 is 0 Å². The van der Waals surface area contributed by atoms with Gasteiger partial charge in [-0.2, -0.15) is 5.26 Å². The monoisotopic (exact) mass is 329 g/mol. The topological polar surface area (TPSA) is 41.6 Å². The Morgan fingerprint density at radius 3 is 2.40 bits per heavy atom. The summed E-state index contributed by atoms with van der Waals surface area (Å²) in [4.78, 5) is 4.68. The molecule has 0 amide bonds. The minimum Gasteiger partial charge on any atom is -0.324 e. The van der Waals surface area contributed by atoms with E-state index in [2.05, 4.69) is 67.6 Å². The maximum Gasteiger partial charge on any atom is 0.151 e. The number of fused-ring (bicyclic) bond motifs is 1. The molecule has 0 aliphatic rings. The predicted molar refractivity (Wildman–Crippen MR) is 104 cm³/mol. The molecule has 1 heterocycles. The van der Waals surface area contributed by atoms with Crippen LogP contribution in [0.3, 0.4) is 0 Å². The van der Waals surface area contributed by atoms with Gasteiger partial charge in [-0.15, -0.1) is 0 Å². The second-order valence-corrected chi connectivity index (χ2v) is 7.21. The third kappa shape index (κ3) is 3.34. The van der Waals surface area contributed by atoms with Gasteiger partial charge >= 0.3 is 0 Å². The Balaban J connectivity index is 2.06. The van der Waals surface area contributed by atoms with Gasteiger partial charge in [-0.1, -0.05) is 57.2 Å². The maximum atomic E-state index is 9.70. The Kier molecular flexibility index (Phi) is 4.46. The Bertz CT molecular complexity index is 961. The summed E-state index contributed by atoms with van der Waals surface area (Å²) in [6.45, 7) is 9.44. The van der Waals surface area contributed by atoms with Crippen LogP contribution in [0.2, 0.25) is 0 Å². The van der Waals surface area contributed by atoms with Gasteiger partial charge in [-0.25, -0.2) is 4.98 Å². The second kappa shape index (κ2) is 6.57. The van der Waals surface area contributed by atoms with Crippen molar-refractivity contribution >= 4 is 22.7 Å². The fourth-order valence-corrected chi connectivity index (χ4v) is 2.99. The van der Waals surface area contributed by atoms with Crippen molar-refractivity contribution in [2.75, 3.05) is 0 Å². The Labute approximate surface area is 149 Å². The van der Waals surface area contributed by atoms with Crippen LogP contribution in [0.25, 0.3) is 22.7 Å². The number of hydrogen-bond donors (Lipinski definition) is 0. The number of aryl methyl sites for hydroxylation is 1. The van der Waals surface area contributed by atoms with Gasteiger partial charge in [-0.05, 0) is 41.7 Å². The largest absolute Gasteiger partial charge is 0.324 e. The number of nitriles is 1. The smallest absolute Gasteiger partial charge is 0.151 e. The molecular weight excluding hydrogens is 306 g/mol. The molecule has 0 bridgehead atoms. The number of para-hydroxylation sites is 2. The zero-order valence-corrected chi connectivity index (χ0v) is 15.2.